The summed E-state index contributed by atoms with van der Waals surface area (Å²) >= 11 is 6.00. The van der Waals surface area contributed by atoms with Gasteiger partial charge in [-0.25, -0.2) is 8.42 Å². The Balaban J connectivity index is 1.61. The Morgan fingerprint density at radius 2 is 1.64 bits per heavy atom. The molecule has 2 aliphatic rings. The zero-order valence-corrected chi connectivity index (χ0v) is 17.3. The maximum absolute atomic E-state index is 13.5. The molecule has 0 atom stereocenters. The molecule has 1 saturated carbocycles. The van der Waals surface area contributed by atoms with Crippen LogP contribution in [0, 0.1) is 0 Å². The molecule has 0 aromatic heterocycles. The highest BCUT2D eigenvalue weighted by Crippen LogP contribution is 2.46. The van der Waals surface area contributed by atoms with Crippen molar-refractivity contribution in [2.45, 2.75) is 44.2 Å². The predicted molar refractivity (Wildman–Crippen MR) is 114 cm³/mol. The Bertz CT molecular complexity index is 950. The van der Waals surface area contributed by atoms with Crippen LogP contribution < -0.4 is 5.32 Å². The number of rotatable bonds is 5. The van der Waals surface area contributed by atoms with Crippen molar-refractivity contribution in [3.63, 3.8) is 0 Å². The molecule has 0 unspecified atom stereocenters. The van der Waals surface area contributed by atoms with E-state index in [0.29, 0.717) is 28.7 Å². The van der Waals surface area contributed by atoms with Crippen LogP contribution in [0.25, 0.3) is 4.91 Å². The molecule has 6 heteroatoms. The lowest BCUT2D eigenvalue weighted by atomic mass is 9.81. The standard InChI is InChI=1S/C22H25ClN2O2S/c23-20-11-9-19(10-12-20)21-15-22(13-5-2-6-14-22)25(28(21,26)27)17-24-16-18-7-3-1-4-8-18/h1,3-4,7-12,15,24H,2,5-6,13-14,16-17H2. The van der Waals surface area contributed by atoms with E-state index in [1.54, 1.807) is 28.6 Å². The minimum absolute atomic E-state index is 0.310. The first-order chi connectivity index (χ1) is 13.5. The summed E-state index contributed by atoms with van der Waals surface area (Å²) in [6, 6.07) is 17.1. The van der Waals surface area contributed by atoms with Gasteiger partial charge in [-0.15, -0.1) is 0 Å². The molecule has 2 aromatic rings. The zero-order valence-electron chi connectivity index (χ0n) is 15.8. The Kier molecular flexibility index (Phi) is 5.61. The second-order valence-electron chi connectivity index (χ2n) is 7.60. The maximum atomic E-state index is 13.5. The van der Waals surface area contributed by atoms with Crippen LogP contribution in [0.5, 0.6) is 0 Å². The smallest absolute Gasteiger partial charge is 0.245 e. The van der Waals surface area contributed by atoms with Crippen LogP contribution in [0.15, 0.2) is 60.7 Å². The topological polar surface area (TPSA) is 49.4 Å². The summed E-state index contributed by atoms with van der Waals surface area (Å²) in [7, 11) is -3.57. The van der Waals surface area contributed by atoms with Crippen molar-refractivity contribution in [2.24, 2.45) is 0 Å². The minimum atomic E-state index is -3.57. The highest BCUT2D eigenvalue weighted by molar-refractivity contribution is 7.98. The quantitative estimate of drug-likeness (QED) is 0.763. The van der Waals surface area contributed by atoms with Gasteiger partial charge in [-0.3, -0.25) is 5.32 Å². The number of benzene rings is 2. The van der Waals surface area contributed by atoms with Crippen molar-refractivity contribution in [3.05, 3.63) is 76.8 Å². The molecule has 1 spiro atoms. The second-order valence-corrected chi connectivity index (χ2v) is 9.87. The molecule has 0 radical (unpaired) electrons. The summed E-state index contributed by atoms with van der Waals surface area (Å²) in [5, 5.41) is 3.95. The SMILES string of the molecule is O=S1(=O)C(c2ccc(Cl)cc2)=CC2(CCCCC2)N1CNCc1ccccc1. The van der Waals surface area contributed by atoms with Crippen LogP contribution in [0.1, 0.15) is 43.2 Å². The first-order valence-electron chi connectivity index (χ1n) is 9.78. The van der Waals surface area contributed by atoms with Gasteiger partial charge in [0.15, 0.2) is 0 Å². The second kappa shape index (κ2) is 7.99. The first kappa shape index (κ1) is 19.6. The largest absolute Gasteiger partial charge is 0.299 e. The van der Waals surface area contributed by atoms with E-state index in [1.165, 1.54) is 0 Å². The molecule has 1 heterocycles. The third kappa shape index (κ3) is 3.77. The summed E-state index contributed by atoms with van der Waals surface area (Å²) in [5.74, 6) is 0. The van der Waals surface area contributed by atoms with Crippen molar-refractivity contribution in [2.75, 3.05) is 6.67 Å². The lowest BCUT2D eigenvalue weighted by Crippen LogP contribution is -2.51. The van der Waals surface area contributed by atoms with E-state index in [9.17, 15) is 8.42 Å². The number of sulfonamides is 1. The summed E-state index contributed by atoms with van der Waals surface area (Å²) in [6.07, 6.45) is 7.00. The molecule has 0 bridgehead atoms. The molecular weight excluding hydrogens is 392 g/mol. The lowest BCUT2D eigenvalue weighted by molar-refractivity contribution is 0.176. The third-order valence-corrected chi connectivity index (χ3v) is 7.97. The molecule has 1 fully saturated rings. The highest BCUT2D eigenvalue weighted by Gasteiger charge is 2.50. The van der Waals surface area contributed by atoms with Gasteiger partial charge in [0.2, 0.25) is 10.0 Å². The number of hydrogen-bond acceptors (Lipinski definition) is 3. The van der Waals surface area contributed by atoms with Gasteiger partial charge in [0, 0.05) is 11.6 Å². The van der Waals surface area contributed by atoms with Crippen molar-refractivity contribution in [1.29, 1.82) is 0 Å². The fourth-order valence-electron chi connectivity index (χ4n) is 4.29. The highest BCUT2D eigenvalue weighted by atomic mass is 35.5. The molecule has 28 heavy (non-hydrogen) atoms. The van der Waals surface area contributed by atoms with Crippen LogP contribution in [0.3, 0.4) is 0 Å². The summed E-state index contributed by atoms with van der Waals surface area (Å²) in [6.45, 7) is 0.948. The van der Waals surface area contributed by atoms with E-state index < -0.39 is 15.6 Å². The van der Waals surface area contributed by atoms with Crippen LogP contribution in [0.4, 0.5) is 0 Å². The maximum Gasteiger partial charge on any atom is 0.245 e. The summed E-state index contributed by atoms with van der Waals surface area (Å²) in [5.41, 5.74) is 1.43. The van der Waals surface area contributed by atoms with Gasteiger partial charge in [-0.1, -0.05) is 73.3 Å². The van der Waals surface area contributed by atoms with E-state index in [1.807, 2.05) is 36.4 Å². The fraction of sp³-hybridized carbons (Fsp3) is 0.364. The number of nitrogens with zero attached hydrogens (tertiary/aromatic N) is 1. The van der Waals surface area contributed by atoms with E-state index >= 15 is 0 Å². The molecule has 0 saturated heterocycles. The van der Waals surface area contributed by atoms with Gasteiger partial charge >= 0.3 is 0 Å². The molecule has 0 amide bonds. The monoisotopic (exact) mass is 416 g/mol. The van der Waals surface area contributed by atoms with Crippen molar-refractivity contribution < 1.29 is 8.42 Å². The average Bonchev–Trinajstić information content (AvgIpc) is 2.91. The van der Waals surface area contributed by atoms with Gasteiger partial charge < -0.3 is 0 Å². The molecule has 148 valence electrons. The van der Waals surface area contributed by atoms with Gasteiger partial charge in [0.25, 0.3) is 0 Å². The number of nitrogens with one attached hydrogen (secondary N) is 1. The van der Waals surface area contributed by atoms with Crippen LogP contribution in [-0.2, 0) is 16.6 Å². The van der Waals surface area contributed by atoms with Gasteiger partial charge in [0.05, 0.1) is 17.1 Å². The average molecular weight is 417 g/mol. The Labute approximate surface area is 172 Å². The van der Waals surface area contributed by atoms with Crippen LogP contribution in [0.2, 0.25) is 5.02 Å². The van der Waals surface area contributed by atoms with Crippen molar-refractivity contribution in [3.8, 4) is 0 Å². The summed E-state index contributed by atoms with van der Waals surface area (Å²) < 4.78 is 28.6. The van der Waals surface area contributed by atoms with Crippen molar-refractivity contribution >= 4 is 26.5 Å². The molecular formula is C22H25ClN2O2S. The first-order valence-corrected chi connectivity index (χ1v) is 11.6. The molecule has 4 rings (SSSR count). The third-order valence-electron chi connectivity index (χ3n) is 5.74. The van der Waals surface area contributed by atoms with Crippen molar-refractivity contribution in [1.82, 2.24) is 9.62 Å². The summed E-state index contributed by atoms with van der Waals surface area (Å²) in [4.78, 5) is 0.410. The zero-order chi connectivity index (χ0) is 19.6. The van der Waals surface area contributed by atoms with E-state index in [-0.39, 0.29) is 0 Å². The normalized spacial score (nSPS) is 21.0. The fourth-order valence-corrected chi connectivity index (χ4v) is 6.43. The van der Waals surface area contributed by atoms with Gasteiger partial charge in [-0.05, 0) is 42.2 Å². The Hall–Kier alpha value is -1.66. The Morgan fingerprint density at radius 3 is 2.32 bits per heavy atom. The minimum Gasteiger partial charge on any atom is -0.299 e. The van der Waals surface area contributed by atoms with E-state index in [2.05, 4.69) is 5.32 Å². The van der Waals surface area contributed by atoms with Crippen LogP contribution >= 0.6 is 11.6 Å². The number of hydrogen-bond donors (Lipinski definition) is 1. The molecule has 1 aliphatic heterocycles. The van der Waals surface area contributed by atoms with Gasteiger partial charge in [-0.2, -0.15) is 4.31 Å². The van der Waals surface area contributed by atoms with Gasteiger partial charge in [0.1, 0.15) is 0 Å². The molecule has 2 aromatic carbocycles. The lowest BCUT2D eigenvalue weighted by Gasteiger charge is -2.39. The molecule has 1 N–H and O–H groups in total. The number of halogens is 1. The molecule has 4 nitrogen and oxygen atoms in total. The van der Waals surface area contributed by atoms with Crippen LogP contribution in [-0.4, -0.2) is 24.9 Å². The molecule has 1 aliphatic carbocycles. The Morgan fingerprint density at radius 1 is 0.964 bits per heavy atom. The predicted octanol–water partition coefficient (Wildman–Crippen LogP) is 4.78. The van der Waals surface area contributed by atoms with E-state index in [0.717, 1.165) is 37.7 Å². The van der Waals surface area contributed by atoms with E-state index in [4.69, 9.17) is 11.6 Å².